The Morgan fingerprint density at radius 1 is 1.47 bits per heavy atom. The minimum absolute atomic E-state index is 0.0974. The van der Waals surface area contributed by atoms with E-state index in [1.54, 1.807) is 6.20 Å². The second kappa shape index (κ2) is 5.82. The number of nitrogens with zero attached hydrogens (tertiary/aromatic N) is 3. The Labute approximate surface area is 112 Å². The van der Waals surface area contributed by atoms with Crippen LogP contribution in [0.2, 0.25) is 0 Å². The number of carboxylic acid groups (broad SMARTS) is 1. The van der Waals surface area contributed by atoms with Crippen molar-refractivity contribution in [2.75, 3.05) is 0 Å². The maximum atomic E-state index is 10.8. The number of aromatic nitrogens is 3. The molecule has 0 aliphatic carbocycles. The van der Waals surface area contributed by atoms with Crippen molar-refractivity contribution < 1.29 is 9.90 Å². The summed E-state index contributed by atoms with van der Waals surface area (Å²) in [5.41, 5.74) is 2.71. The molecule has 19 heavy (non-hydrogen) atoms. The summed E-state index contributed by atoms with van der Waals surface area (Å²) in [4.78, 5) is 19.7. The monoisotopic (exact) mass is 261 g/mol. The van der Waals surface area contributed by atoms with Gasteiger partial charge in [-0.25, -0.2) is 9.97 Å². The molecule has 0 bridgehead atoms. The van der Waals surface area contributed by atoms with Gasteiger partial charge in [-0.1, -0.05) is 13.3 Å². The number of fused-ring (bicyclic) bond motifs is 1. The summed E-state index contributed by atoms with van der Waals surface area (Å²) in [6, 6.07) is 2.00. The molecule has 0 saturated carbocycles. The summed E-state index contributed by atoms with van der Waals surface area (Å²) in [6.07, 6.45) is 4.90. The molecular weight excluding hydrogens is 242 g/mol. The first kappa shape index (κ1) is 13.5. The molecule has 0 atom stereocenters. The molecule has 0 amide bonds. The van der Waals surface area contributed by atoms with E-state index in [4.69, 9.17) is 5.11 Å². The van der Waals surface area contributed by atoms with Crippen LogP contribution in [0.1, 0.15) is 37.6 Å². The third-order valence-electron chi connectivity index (χ3n) is 3.10. The van der Waals surface area contributed by atoms with Crippen LogP contribution < -0.4 is 0 Å². The van der Waals surface area contributed by atoms with Gasteiger partial charge < -0.3 is 9.67 Å². The summed E-state index contributed by atoms with van der Waals surface area (Å²) >= 11 is 0. The van der Waals surface area contributed by atoms with Crippen LogP contribution in [0, 0.1) is 6.92 Å². The number of pyridine rings is 1. The number of carbonyl (C=O) groups is 1. The first-order valence-corrected chi connectivity index (χ1v) is 6.65. The van der Waals surface area contributed by atoms with Gasteiger partial charge in [-0.2, -0.15) is 0 Å². The first-order valence-electron chi connectivity index (χ1n) is 6.65. The molecular formula is C14H19N3O2. The van der Waals surface area contributed by atoms with Crippen molar-refractivity contribution in [2.24, 2.45) is 0 Å². The van der Waals surface area contributed by atoms with E-state index in [-0.39, 0.29) is 6.42 Å². The molecule has 2 rings (SSSR count). The summed E-state index contributed by atoms with van der Waals surface area (Å²) in [7, 11) is 0. The molecule has 2 heterocycles. The van der Waals surface area contributed by atoms with Gasteiger partial charge in [-0.15, -0.1) is 0 Å². The Morgan fingerprint density at radius 3 is 2.95 bits per heavy atom. The van der Waals surface area contributed by atoms with E-state index in [1.165, 1.54) is 0 Å². The normalized spacial score (nSPS) is 11.1. The maximum Gasteiger partial charge on any atom is 0.305 e. The zero-order chi connectivity index (χ0) is 13.8. The standard InChI is InChI=1S/C14H19N3O2/c1-3-4-5-12-16-11-8-10(2)9-15-14(11)17(12)7-6-13(18)19/h8-9H,3-7H2,1-2H3,(H,18,19). The summed E-state index contributed by atoms with van der Waals surface area (Å²) < 4.78 is 1.94. The average Bonchev–Trinajstić information content (AvgIpc) is 2.70. The van der Waals surface area contributed by atoms with Crippen molar-refractivity contribution in [3.05, 3.63) is 23.7 Å². The molecule has 0 spiro atoms. The van der Waals surface area contributed by atoms with Crippen molar-refractivity contribution >= 4 is 17.1 Å². The third-order valence-corrected chi connectivity index (χ3v) is 3.10. The predicted octanol–water partition coefficient (Wildman–Crippen LogP) is 2.56. The van der Waals surface area contributed by atoms with Crippen molar-refractivity contribution in [2.45, 2.75) is 46.1 Å². The fourth-order valence-corrected chi connectivity index (χ4v) is 2.13. The molecule has 2 aromatic heterocycles. The van der Waals surface area contributed by atoms with Crippen LogP contribution >= 0.6 is 0 Å². The molecule has 0 aliphatic rings. The largest absolute Gasteiger partial charge is 0.481 e. The van der Waals surface area contributed by atoms with E-state index >= 15 is 0 Å². The van der Waals surface area contributed by atoms with Gasteiger partial charge >= 0.3 is 5.97 Å². The number of aryl methyl sites for hydroxylation is 3. The van der Waals surface area contributed by atoms with Gasteiger partial charge in [0.2, 0.25) is 0 Å². The Hall–Kier alpha value is -1.91. The number of carboxylic acids is 1. The number of hydrogen-bond acceptors (Lipinski definition) is 3. The minimum Gasteiger partial charge on any atom is -0.481 e. The van der Waals surface area contributed by atoms with Crippen molar-refractivity contribution in [1.82, 2.24) is 14.5 Å². The fourth-order valence-electron chi connectivity index (χ4n) is 2.13. The number of aliphatic carboxylic acids is 1. The molecule has 2 aromatic rings. The topological polar surface area (TPSA) is 68.0 Å². The average molecular weight is 261 g/mol. The lowest BCUT2D eigenvalue weighted by molar-refractivity contribution is -0.137. The van der Waals surface area contributed by atoms with Crippen LogP contribution in [0.15, 0.2) is 12.3 Å². The predicted molar refractivity (Wildman–Crippen MR) is 73.1 cm³/mol. The van der Waals surface area contributed by atoms with Crippen molar-refractivity contribution in [3.8, 4) is 0 Å². The Balaban J connectivity index is 2.39. The van der Waals surface area contributed by atoms with Gasteiger partial charge in [-0.05, 0) is 25.0 Å². The fraction of sp³-hybridized carbons (Fsp3) is 0.500. The van der Waals surface area contributed by atoms with E-state index in [0.717, 1.165) is 41.8 Å². The van der Waals surface area contributed by atoms with E-state index in [9.17, 15) is 4.79 Å². The molecule has 0 saturated heterocycles. The maximum absolute atomic E-state index is 10.8. The lowest BCUT2D eigenvalue weighted by Crippen LogP contribution is -2.09. The molecule has 5 nitrogen and oxygen atoms in total. The highest BCUT2D eigenvalue weighted by atomic mass is 16.4. The summed E-state index contributed by atoms with van der Waals surface area (Å²) in [5.74, 6) is 0.145. The Bertz CT molecular complexity index is 590. The van der Waals surface area contributed by atoms with Crippen molar-refractivity contribution in [1.29, 1.82) is 0 Å². The Kier molecular flexibility index (Phi) is 4.14. The molecule has 0 aliphatic heterocycles. The second-order valence-corrected chi connectivity index (χ2v) is 4.78. The van der Waals surface area contributed by atoms with Gasteiger partial charge in [0.05, 0.1) is 6.42 Å². The van der Waals surface area contributed by atoms with Gasteiger partial charge in [0.15, 0.2) is 5.65 Å². The molecule has 1 N–H and O–H groups in total. The highest BCUT2D eigenvalue weighted by molar-refractivity contribution is 5.72. The third kappa shape index (κ3) is 3.10. The minimum atomic E-state index is -0.796. The molecule has 0 fully saturated rings. The second-order valence-electron chi connectivity index (χ2n) is 4.78. The first-order chi connectivity index (χ1) is 9.11. The highest BCUT2D eigenvalue weighted by Gasteiger charge is 2.12. The molecule has 5 heteroatoms. The smallest absolute Gasteiger partial charge is 0.305 e. The lowest BCUT2D eigenvalue weighted by Gasteiger charge is -2.06. The van der Waals surface area contributed by atoms with Gasteiger partial charge in [0, 0.05) is 19.2 Å². The zero-order valence-corrected chi connectivity index (χ0v) is 11.4. The molecule has 0 radical (unpaired) electrons. The van der Waals surface area contributed by atoms with E-state index in [0.29, 0.717) is 6.54 Å². The highest BCUT2D eigenvalue weighted by Crippen LogP contribution is 2.17. The van der Waals surface area contributed by atoms with Crippen LogP contribution in [-0.4, -0.2) is 25.6 Å². The van der Waals surface area contributed by atoms with Crippen LogP contribution in [0.5, 0.6) is 0 Å². The zero-order valence-electron chi connectivity index (χ0n) is 11.4. The molecule has 0 unspecified atom stereocenters. The summed E-state index contributed by atoms with van der Waals surface area (Å²) in [5, 5.41) is 8.84. The van der Waals surface area contributed by atoms with Crippen LogP contribution in [0.25, 0.3) is 11.2 Å². The molecule has 102 valence electrons. The number of hydrogen-bond donors (Lipinski definition) is 1. The SMILES string of the molecule is CCCCc1nc2cc(C)cnc2n1CCC(=O)O. The van der Waals surface area contributed by atoms with Gasteiger partial charge in [0.1, 0.15) is 11.3 Å². The molecule has 0 aromatic carbocycles. The van der Waals surface area contributed by atoms with Crippen molar-refractivity contribution in [3.63, 3.8) is 0 Å². The number of rotatable bonds is 6. The quantitative estimate of drug-likeness (QED) is 0.867. The van der Waals surface area contributed by atoms with Crippen LogP contribution in [-0.2, 0) is 17.8 Å². The van der Waals surface area contributed by atoms with Gasteiger partial charge in [-0.3, -0.25) is 4.79 Å². The number of unbranched alkanes of at least 4 members (excludes halogenated alkanes) is 1. The van der Waals surface area contributed by atoms with Crippen LogP contribution in [0.4, 0.5) is 0 Å². The van der Waals surface area contributed by atoms with E-state index < -0.39 is 5.97 Å². The van der Waals surface area contributed by atoms with E-state index in [2.05, 4.69) is 16.9 Å². The van der Waals surface area contributed by atoms with Gasteiger partial charge in [0.25, 0.3) is 0 Å². The number of imidazole rings is 1. The van der Waals surface area contributed by atoms with Crippen LogP contribution in [0.3, 0.4) is 0 Å². The Morgan fingerprint density at radius 2 is 2.26 bits per heavy atom. The lowest BCUT2D eigenvalue weighted by atomic mass is 10.2. The summed E-state index contributed by atoms with van der Waals surface area (Å²) in [6.45, 7) is 4.54. The van der Waals surface area contributed by atoms with E-state index in [1.807, 2.05) is 17.6 Å².